The first-order valence-electron chi connectivity index (χ1n) is 6.14. The summed E-state index contributed by atoms with van der Waals surface area (Å²) in [5.74, 6) is 5.67. The Labute approximate surface area is 107 Å². The van der Waals surface area contributed by atoms with Gasteiger partial charge in [0.1, 0.15) is 0 Å². The van der Waals surface area contributed by atoms with E-state index >= 15 is 0 Å². The van der Waals surface area contributed by atoms with Crippen molar-refractivity contribution in [2.45, 2.75) is 18.9 Å². The van der Waals surface area contributed by atoms with Gasteiger partial charge in [0.15, 0.2) is 0 Å². The second-order valence-electron chi connectivity index (χ2n) is 4.30. The zero-order chi connectivity index (χ0) is 12.8. The first kappa shape index (κ1) is 13.0. The molecule has 1 atom stereocenters. The second kappa shape index (κ2) is 6.44. The molecular formula is C14H19N3O. The van der Waals surface area contributed by atoms with Gasteiger partial charge in [-0.1, -0.05) is 18.2 Å². The van der Waals surface area contributed by atoms with Gasteiger partial charge < -0.3 is 4.74 Å². The van der Waals surface area contributed by atoms with E-state index in [-0.39, 0.29) is 6.04 Å². The summed E-state index contributed by atoms with van der Waals surface area (Å²) in [5, 5.41) is 2.34. The van der Waals surface area contributed by atoms with Crippen molar-refractivity contribution in [3.8, 4) is 0 Å². The molecule has 0 fully saturated rings. The van der Waals surface area contributed by atoms with Gasteiger partial charge in [0.25, 0.3) is 0 Å². The Kier molecular flexibility index (Phi) is 4.64. The van der Waals surface area contributed by atoms with Crippen LogP contribution in [0.4, 0.5) is 0 Å². The van der Waals surface area contributed by atoms with Gasteiger partial charge in [-0.2, -0.15) is 0 Å². The molecule has 0 radical (unpaired) electrons. The fourth-order valence-corrected chi connectivity index (χ4v) is 2.21. The number of aromatic nitrogens is 1. The van der Waals surface area contributed by atoms with Crippen LogP contribution in [-0.4, -0.2) is 18.7 Å². The molecule has 0 aliphatic carbocycles. The maximum absolute atomic E-state index is 5.67. The van der Waals surface area contributed by atoms with Crippen LogP contribution in [0.1, 0.15) is 24.4 Å². The Hall–Kier alpha value is -1.49. The number of hydrogen-bond acceptors (Lipinski definition) is 4. The summed E-state index contributed by atoms with van der Waals surface area (Å²) in [6, 6.07) is 8.39. The fourth-order valence-electron chi connectivity index (χ4n) is 2.21. The van der Waals surface area contributed by atoms with E-state index in [1.165, 1.54) is 10.9 Å². The molecule has 18 heavy (non-hydrogen) atoms. The van der Waals surface area contributed by atoms with Crippen LogP contribution in [0.15, 0.2) is 36.7 Å². The van der Waals surface area contributed by atoms with Gasteiger partial charge >= 0.3 is 0 Å². The monoisotopic (exact) mass is 245 g/mol. The van der Waals surface area contributed by atoms with Gasteiger partial charge in [-0.3, -0.25) is 16.3 Å². The van der Waals surface area contributed by atoms with Gasteiger partial charge in [-0.05, 0) is 29.9 Å². The highest BCUT2D eigenvalue weighted by atomic mass is 16.5. The quantitative estimate of drug-likeness (QED) is 0.465. The largest absolute Gasteiger partial charge is 0.385 e. The number of ether oxygens (including phenoxy) is 1. The molecule has 1 unspecified atom stereocenters. The van der Waals surface area contributed by atoms with Gasteiger partial charge in [0.05, 0.1) is 0 Å². The van der Waals surface area contributed by atoms with Crippen molar-refractivity contribution in [1.29, 1.82) is 0 Å². The summed E-state index contributed by atoms with van der Waals surface area (Å²) >= 11 is 0. The fraction of sp³-hybridized carbons (Fsp3) is 0.357. The van der Waals surface area contributed by atoms with Crippen molar-refractivity contribution < 1.29 is 4.74 Å². The summed E-state index contributed by atoms with van der Waals surface area (Å²) < 4.78 is 5.08. The van der Waals surface area contributed by atoms with Crippen molar-refractivity contribution in [3.63, 3.8) is 0 Å². The number of nitrogens with one attached hydrogen (secondary N) is 1. The molecule has 0 bridgehead atoms. The van der Waals surface area contributed by atoms with Crippen molar-refractivity contribution in [1.82, 2.24) is 10.4 Å². The molecular weight excluding hydrogens is 226 g/mol. The lowest BCUT2D eigenvalue weighted by Crippen LogP contribution is -2.28. The van der Waals surface area contributed by atoms with Crippen molar-refractivity contribution in [3.05, 3.63) is 42.2 Å². The van der Waals surface area contributed by atoms with Crippen LogP contribution >= 0.6 is 0 Å². The third kappa shape index (κ3) is 2.85. The van der Waals surface area contributed by atoms with E-state index in [1.807, 2.05) is 24.5 Å². The minimum absolute atomic E-state index is 0.145. The van der Waals surface area contributed by atoms with Crippen LogP contribution in [0.2, 0.25) is 0 Å². The molecule has 0 aliphatic rings. The van der Waals surface area contributed by atoms with Crippen LogP contribution < -0.4 is 11.3 Å². The molecule has 96 valence electrons. The predicted octanol–water partition coefficient (Wildman–Crippen LogP) is 2.17. The van der Waals surface area contributed by atoms with Crippen LogP contribution in [0, 0.1) is 0 Å². The summed E-state index contributed by atoms with van der Waals surface area (Å²) in [7, 11) is 1.72. The lowest BCUT2D eigenvalue weighted by Gasteiger charge is -2.18. The molecule has 0 amide bonds. The average Bonchev–Trinajstić information content (AvgIpc) is 2.43. The molecule has 0 spiro atoms. The molecule has 0 aliphatic heterocycles. The normalized spacial score (nSPS) is 12.8. The van der Waals surface area contributed by atoms with Crippen LogP contribution in [-0.2, 0) is 4.74 Å². The zero-order valence-electron chi connectivity index (χ0n) is 10.6. The van der Waals surface area contributed by atoms with E-state index in [0.29, 0.717) is 0 Å². The Morgan fingerprint density at radius 1 is 1.39 bits per heavy atom. The van der Waals surface area contributed by atoms with Gasteiger partial charge in [0.2, 0.25) is 0 Å². The van der Waals surface area contributed by atoms with Crippen LogP contribution in [0.3, 0.4) is 0 Å². The SMILES string of the molecule is COCCCC(NN)c1cccc2cnccc12. The minimum atomic E-state index is 0.145. The molecule has 1 aromatic carbocycles. The standard InChI is InChI=1S/C14H19N3O/c1-18-9-3-6-14(17-15)13-5-2-4-11-10-16-8-7-12(11)13/h2,4-5,7-8,10,14,17H,3,6,9,15H2,1H3. The lowest BCUT2D eigenvalue weighted by atomic mass is 9.97. The number of benzene rings is 1. The Morgan fingerprint density at radius 2 is 2.28 bits per heavy atom. The first-order chi connectivity index (χ1) is 8.86. The molecule has 2 rings (SSSR count). The average molecular weight is 245 g/mol. The highest BCUT2D eigenvalue weighted by Crippen LogP contribution is 2.25. The third-order valence-electron chi connectivity index (χ3n) is 3.13. The van der Waals surface area contributed by atoms with E-state index in [1.54, 1.807) is 7.11 Å². The Morgan fingerprint density at radius 3 is 3.06 bits per heavy atom. The second-order valence-corrected chi connectivity index (χ2v) is 4.30. The maximum Gasteiger partial charge on any atom is 0.0467 e. The summed E-state index contributed by atoms with van der Waals surface area (Å²) in [4.78, 5) is 4.14. The van der Waals surface area contributed by atoms with E-state index < -0.39 is 0 Å². The number of pyridine rings is 1. The highest BCUT2D eigenvalue weighted by molar-refractivity contribution is 5.85. The first-order valence-corrected chi connectivity index (χ1v) is 6.14. The predicted molar refractivity (Wildman–Crippen MR) is 72.9 cm³/mol. The lowest BCUT2D eigenvalue weighted by molar-refractivity contribution is 0.189. The van der Waals surface area contributed by atoms with E-state index in [4.69, 9.17) is 10.6 Å². The Balaban J connectivity index is 2.27. The number of nitrogens with two attached hydrogens (primary N) is 1. The van der Waals surface area contributed by atoms with Crippen LogP contribution in [0.25, 0.3) is 10.8 Å². The van der Waals surface area contributed by atoms with Gasteiger partial charge in [-0.15, -0.1) is 0 Å². The molecule has 0 saturated heterocycles. The summed E-state index contributed by atoms with van der Waals surface area (Å²) in [5.41, 5.74) is 4.11. The smallest absolute Gasteiger partial charge is 0.0467 e. The topological polar surface area (TPSA) is 60.2 Å². The Bertz CT molecular complexity index is 496. The number of fused-ring (bicyclic) bond motifs is 1. The molecule has 1 heterocycles. The van der Waals surface area contributed by atoms with Gasteiger partial charge in [-0.25, -0.2) is 0 Å². The number of nitrogens with zero attached hydrogens (tertiary/aromatic N) is 1. The van der Waals surface area contributed by atoms with Gasteiger partial charge in [0, 0.05) is 37.5 Å². The zero-order valence-corrected chi connectivity index (χ0v) is 10.6. The number of rotatable bonds is 6. The molecule has 4 nitrogen and oxygen atoms in total. The minimum Gasteiger partial charge on any atom is -0.385 e. The molecule has 0 saturated carbocycles. The van der Waals surface area contributed by atoms with Crippen molar-refractivity contribution in [2.24, 2.45) is 5.84 Å². The highest BCUT2D eigenvalue weighted by Gasteiger charge is 2.12. The number of hydrogen-bond donors (Lipinski definition) is 2. The number of methoxy groups -OCH3 is 1. The molecule has 3 N–H and O–H groups in total. The molecule has 4 heteroatoms. The molecule has 1 aromatic heterocycles. The number of hydrazine groups is 1. The molecule has 2 aromatic rings. The van der Waals surface area contributed by atoms with E-state index in [9.17, 15) is 0 Å². The van der Waals surface area contributed by atoms with E-state index in [2.05, 4.69) is 22.5 Å². The van der Waals surface area contributed by atoms with Crippen molar-refractivity contribution in [2.75, 3.05) is 13.7 Å². The summed E-state index contributed by atoms with van der Waals surface area (Å²) in [6.45, 7) is 0.754. The van der Waals surface area contributed by atoms with Crippen LogP contribution in [0.5, 0.6) is 0 Å². The van der Waals surface area contributed by atoms with Crippen molar-refractivity contribution >= 4 is 10.8 Å². The third-order valence-corrected chi connectivity index (χ3v) is 3.13. The maximum atomic E-state index is 5.67. The summed E-state index contributed by atoms with van der Waals surface area (Å²) in [6.07, 6.45) is 5.62. The van der Waals surface area contributed by atoms with E-state index in [0.717, 1.165) is 24.8 Å².